The van der Waals surface area contributed by atoms with Crippen molar-refractivity contribution in [2.75, 3.05) is 0 Å². The Kier molecular flexibility index (Phi) is 12.2. The van der Waals surface area contributed by atoms with E-state index in [1.165, 1.54) is 69.2 Å². The highest BCUT2D eigenvalue weighted by Gasteiger charge is 2.12. The number of hydrogen-bond donors (Lipinski definition) is 0. The molecule has 0 fully saturated rings. The molecule has 0 spiro atoms. The van der Waals surface area contributed by atoms with Crippen molar-refractivity contribution < 1.29 is 9.47 Å². The summed E-state index contributed by atoms with van der Waals surface area (Å²) in [5, 5.41) is 0. The van der Waals surface area contributed by atoms with Crippen LogP contribution in [0.2, 0.25) is 0 Å². The first-order chi connectivity index (χ1) is 19.6. The summed E-state index contributed by atoms with van der Waals surface area (Å²) < 4.78 is 12.5. The average Bonchev–Trinajstić information content (AvgIpc) is 3.68. The summed E-state index contributed by atoms with van der Waals surface area (Å²) in [6.45, 7) is 8.94. The van der Waals surface area contributed by atoms with Crippen LogP contribution in [-0.4, -0.2) is 12.2 Å². The Bertz CT molecular complexity index is 1150. The predicted molar refractivity (Wildman–Crippen MR) is 176 cm³/mol. The number of rotatable bonds is 17. The van der Waals surface area contributed by atoms with Gasteiger partial charge in [0.1, 0.15) is 11.5 Å². The van der Waals surface area contributed by atoms with E-state index < -0.39 is 0 Å². The Morgan fingerprint density at radius 2 is 0.850 bits per heavy atom. The third kappa shape index (κ3) is 8.72. The summed E-state index contributed by atoms with van der Waals surface area (Å²) in [7, 11) is 0. The molecule has 0 aliphatic carbocycles. The molecule has 4 heteroatoms. The monoisotopic (exact) mass is 574 g/mol. The third-order valence-electron chi connectivity index (χ3n) is 7.51. The van der Waals surface area contributed by atoms with Crippen molar-refractivity contribution in [3.63, 3.8) is 0 Å². The van der Waals surface area contributed by atoms with Crippen LogP contribution >= 0.6 is 22.7 Å². The number of ether oxygens (including phenoxy) is 2. The molecule has 40 heavy (non-hydrogen) atoms. The van der Waals surface area contributed by atoms with Gasteiger partial charge in [-0.05, 0) is 122 Å². The van der Waals surface area contributed by atoms with E-state index in [4.69, 9.17) is 9.47 Å². The second-order valence-corrected chi connectivity index (χ2v) is 12.8. The Balaban J connectivity index is 1.36. The average molecular weight is 575 g/mol. The van der Waals surface area contributed by atoms with Gasteiger partial charge < -0.3 is 9.47 Å². The van der Waals surface area contributed by atoms with Crippen LogP contribution in [0.5, 0.6) is 11.5 Å². The first-order valence-corrected chi connectivity index (χ1v) is 17.0. The largest absolute Gasteiger partial charge is 0.490 e. The van der Waals surface area contributed by atoms with E-state index in [1.54, 1.807) is 0 Å². The fraction of sp³-hybridized carbons (Fsp3) is 0.444. The SMILES string of the molecule is CCCCCC(CC)Oc1ccc(-c2ccc(-c3ccc(-c4ccc(O[C@@H](CC)CCCCC)cc4)s3)s2)cc1. The molecule has 0 aliphatic rings. The van der Waals surface area contributed by atoms with Gasteiger partial charge in [0, 0.05) is 19.5 Å². The third-order valence-corrected chi connectivity index (χ3v) is 9.97. The summed E-state index contributed by atoms with van der Waals surface area (Å²) in [5.74, 6) is 1.95. The minimum absolute atomic E-state index is 0.311. The van der Waals surface area contributed by atoms with Crippen molar-refractivity contribution in [1.82, 2.24) is 0 Å². The van der Waals surface area contributed by atoms with Crippen molar-refractivity contribution in [2.24, 2.45) is 0 Å². The maximum absolute atomic E-state index is 6.27. The molecular formula is C36H46O2S2. The second-order valence-electron chi connectivity index (χ2n) is 10.7. The molecule has 0 radical (unpaired) electrons. The Hall–Kier alpha value is -2.56. The molecule has 1 unspecified atom stereocenters. The number of benzene rings is 2. The van der Waals surface area contributed by atoms with Crippen molar-refractivity contribution in [3.05, 3.63) is 72.8 Å². The molecular weight excluding hydrogens is 529 g/mol. The summed E-state index contributed by atoms with van der Waals surface area (Å²) in [6.07, 6.45) is 12.6. The van der Waals surface area contributed by atoms with Gasteiger partial charge in [-0.15, -0.1) is 22.7 Å². The molecule has 0 N–H and O–H groups in total. The zero-order valence-electron chi connectivity index (χ0n) is 24.8. The Labute approximate surface area is 250 Å². The van der Waals surface area contributed by atoms with E-state index in [0.717, 1.165) is 37.2 Å². The van der Waals surface area contributed by atoms with Gasteiger partial charge in [0.2, 0.25) is 0 Å². The predicted octanol–water partition coefficient (Wildman–Crippen LogP) is 12.3. The molecule has 2 atom stereocenters. The molecule has 0 amide bonds. The lowest BCUT2D eigenvalue weighted by atomic mass is 10.1. The summed E-state index contributed by atoms with van der Waals surface area (Å²) in [4.78, 5) is 5.20. The first kappa shape index (κ1) is 30.4. The number of thiophene rings is 2. The molecule has 2 heterocycles. The van der Waals surface area contributed by atoms with Crippen molar-refractivity contribution in [3.8, 4) is 42.1 Å². The molecule has 2 aromatic carbocycles. The molecule has 4 aromatic rings. The van der Waals surface area contributed by atoms with E-state index in [0.29, 0.717) is 12.2 Å². The van der Waals surface area contributed by atoms with Crippen LogP contribution in [0.15, 0.2) is 72.8 Å². The topological polar surface area (TPSA) is 18.5 Å². The van der Waals surface area contributed by atoms with Crippen LogP contribution in [0.4, 0.5) is 0 Å². The normalized spacial score (nSPS) is 12.8. The number of hydrogen-bond acceptors (Lipinski definition) is 4. The standard InChI is InChI=1S/C36H46O2S2/c1-5-9-11-13-29(7-3)37-31-19-15-27(16-20-31)33-23-25-35(39-33)36-26-24-34(40-36)28-17-21-32(22-18-28)38-30(8-4)14-12-10-6-2/h15-26,29-30H,5-14H2,1-4H3/t29-,30?/m0/s1. The molecule has 4 rings (SSSR count). The zero-order chi connectivity index (χ0) is 28.2. The van der Waals surface area contributed by atoms with Gasteiger partial charge in [-0.3, -0.25) is 0 Å². The van der Waals surface area contributed by atoms with Crippen LogP contribution in [-0.2, 0) is 0 Å². The van der Waals surface area contributed by atoms with Gasteiger partial charge in [0.05, 0.1) is 12.2 Å². The molecule has 2 nitrogen and oxygen atoms in total. The molecule has 0 bridgehead atoms. The van der Waals surface area contributed by atoms with Gasteiger partial charge in [-0.25, -0.2) is 0 Å². The lowest BCUT2D eigenvalue weighted by molar-refractivity contribution is 0.182. The minimum Gasteiger partial charge on any atom is -0.490 e. The lowest BCUT2D eigenvalue weighted by Gasteiger charge is -2.17. The van der Waals surface area contributed by atoms with Gasteiger partial charge in [-0.2, -0.15) is 0 Å². The Morgan fingerprint density at radius 1 is 0.475 bits per heavy atom. The quantitative estimate of drug-likeness (QED) is 0.117. The van der Waals surface area contributed by atoms with E-state index in [9.17, 15) is 0 Å². The highest BCUT2D eigenvalue weighted by atomic mass is 32.1. The minimum atomic E-state index is 0.311. The van der Waals surface area contributed by atoms with E-state index >= 15 is 0 Å². The Morgan fingerprint density at radius 3 is 1.20 bits per heavy atom. The van der Waals surface area contributed by atoms with Gasteiger partial charge >= 0.3 is 0 Å². The van der Waals surface area contributed by atoms with Crippen LogP contribution in [0, 0.1) is 0 Å². The van der Waals surface area contributed by atoms with Crippen molar-refractivity contribution in [2.45, 2.75) is 104 Å². The first-order valence-electron chi connectivity index (χ1n) is 15.4. The van der Waals surface area contributed by atoms with Gasteiger partial charge in [0.25, 0.3) is 0 Å². The lowest BCUT2D eigenvalue weighted by Crippen LogP contribution is -2.15. The smallest absolute Gasteiger partial charge is 0.119 e. The van der Waals surface area contributed by atoms with Crippen molar-refractivity contribution in [1.29, 1.82) is 0 Å². The molecule has 0 saturated heterocycles. The summed E-state index contributed by atoms with van der Waals surface area (Å²) in [5.41, 5.74) is 2.49. The maximum atomic E-state index is 6.27. The van der Waals surface area contributed by atoms with E-state index in [2.05, 4.69) is 100 Å². The van der Waals surface area contributed by atoms with E-state index in [-0.39, 0.29) is 0 Å². The van der Waals surface area contributed by atoms with Gasteiger partial charge in [0.15, 0.2) is 0 Å². The zero-order valence-corrected chi connectivity index (χ0v) is 26.4. The second kappa shape index (κ2) is 16.0. The number of unbranched alkanes of at least 4 members (excludes halogenated alkanes) is 4. The van der Waals surface area contributed by atoms with Crippen LogP contribution in [0.1, 0.15) is 91.9 Å². The van der Waals surface area contributed by atoms with Crippen LogP contribution < -0.4 is 9.47 Å². The maximum Gasteiger partial charge on any atom is 0.119 e. The van der Waals surface area contributed by atoms with Crippen LogP contribution in [0.25, 0.3) is 30.6 Å². The molecule has 2 aromatic heterocycles. The fourth-order valence-corrected chi connectivity index (χ4v) is 7.08. The highest BCUT2D eigenvalue weighted by Crippen LogP contribution is 2.41. The van der Waals surface area contributed by atoms with E-state index in [1.807, 2.05) is 22.7 Å². The fourth-order valence-electron chi connectivity index (χ4n) is 4.97. The van der Waals surface area contributed by atoms with Crippen LogP contribution in [0.3, 0.4) is 0 Å². The molecule has 0 aliphatic heterocycles. The summed E-state index contributed by atoms with van der Waals surface area (Å²) in [6, 6.07) is 26.3. The highest BCUT2D eigenvalue weighted by molar-refractivity contribution is 7.25. The van der Waals surface area contributed by atoms with Gasteiger partial charge in [-0.1, -0.05) is 53.4 Å². The molecule has 0 saturated carbocycles. The van der Waals surface area contributed by atoms with Crippen molar-refractivity contribution >= 4 is 22.7 Å². The molecule has 214 valence electrons. The summed E-state index contributed by atoms with van der Waals surface area (Å²) >= 11 is 3.71.